The van der Waals surface area contributed by atoms with Gasteiger partial charge in [-0.2, -0.15) is 0 Å². The molecule has 3 aromatic carbocycles. The summed E-state index contributed by atoms with van der Waals surface area (Å²) in [5, 5.41) is 0. The molecule has 0 fully saturated rings. The summed E-state index contributed by atoms with van der Waals surface area (Å²) < 4.78 is 7.23. The number of rotatable bonds is 6. The van der Waals surface area contributed by atoms with E-state index in [0.29, 0.717) is 12.0 Å². The maximum atomic E-state index is 12.8. The lowest BCUT2D eigenvalue weighted by Crippen LogP contribution is -2.04. The van der Waals surface area contributed by atoms with E-state index in [9.17, 15) is 4.79 Å². The molecule has 1 N–H and O–H groups in total. The zero-order valence-corrected chi connectivity index (χ0v) is 17.1. The summed E-state index contributed by atoms with van der Waals surface area (Å²) in [4.78, 5) is 20.8. The SMILES string of the molecule is COc1ccc(-c2nc3ccc(CC(=O)c4ccc(-n5cccc5)cc4)cc3[nH]2)cc1. The molecule has 0 saturated heterocycles. The zero-order valence-electron chi connectivity index (χ0n) is 17.1. The van der Waals surface area contributed by atoms with Gasteiger partial charge in [-0.1, -0.05) is 6.07 Å². The second-order valence-corrected chi connectivity index (χ2v) is 7.40. The normalized spacial score (nSPS) is 11.0. The fourth-order valence-electron chi connectivity index (χ4n) is 3.67. The van der Waals surface area contributed by atoms with Gasteiger partial charge in [0.05, 0.1) is 18.1 Å². The number of aromatic nitrogens is 3. The lowest BCUT2D eigenvalue weighted by atomic mass is 10.0. The number of hydrogen-bond acceptors (Lipinski definition) is 3. The molecule has 152 valence electrons. The first-order valence-corrected chi connectivity index (χ1v) is 10.1. The van der Waals surface area contributed by atoms with E-state index in [1.807, 2.05) is 95.8 Å². The quantitative estimate of drug-likeness (QED) is 0.381. The third-order valence-electron chi connectivity index (χ3n) is 5.37. The smallest absolute Gasteiger partial charge is 0.167 e. The predicted octanol–water partition coefficient (Wildman–Crippen LogP) is 5.45. The molecule has 5 nitrogen and oxygen atoms in total. The molecule has 2 aromatic heterocycles. The molecule has 0 radical (unpaired) electrons. The van der Waals surface area contributed by atoms with E-state index < -0.39 is 0 Å². The molecule has 0 saturated carbocycles. The van der Waals surface area contributed by atoms with Crippen LogP contribution in [0.25, 0.3) is 28.1 Å². The van der Waals surface area contributed by atoms with Crippen molar-refractivity contribution in [3.8, 4) is 22.8 Å². The van der Waals surface area contributed by atoms with E-state index in [0.717, 1.165) is 39.4 Å². The standard InChI is InChI=1S/C26H21N3O2/c1-31-22-11-7-20(8-12-22)26-27-23-13-4-18(16-24(23)28-26)17-25(30)19-5-9-21(10-6-19)29-14-2-3-15-29/h2-16H,17H2,1H3,(H,27,28). The summed E-state index contributed by atoms with van der Waals surface area (Å²) in [5.41, 5.74) is 5.47. The molecule has 31 heavy (non-hydrogen) atoms. The predicted molar refractivity (Wildman–Crippen MR) is 122 cm³/mol. The van der Waals surface area contributed by atoms with Crippen LogP contribution in [0.5, 0.6) is 5.75 Å². The highest BCUT2D eigenvalue weighted by Gasteiger charge is 2.10. The van der Waals surface area contributed by atoms with Gasteiger partial charge in [0.1, 0.15) is 11.6 Å². The number of carbonyl (C=O) groups excluding carboxylic acids is 1. The number of imidazole rings is 1. The van der Waals surface area contributed by atoms with Gasteiger partial charge in [-0.15, -0.1) is 0 Å². The number of aromatic amines is 1. The second-order valence-electron chi connectivity index (χ2n) is 7.40. The van der Waals surface area contributed by atoms with Crippen LogP contribution in [0, 0.1) is 0 Å². The number of nitrogens with one attached hydrogen (secondary N) is 1. The summed E-state index contributed by atoms with van der Waals surface area (Å²) in [5.74, 6) is 1.69. The first-order valence-electron chi connectivity index (χ1n) is 10.1. The molecule has 0 bridgehead atoms. The van der Waals surface area contributed by atoms with Crippen molar-refractivity contribution in [2.75, 3.05) is 7.11 Å². The highest BCUT2D eigenvalue weighted by Crippen LogP contribution is 2.24. The van der Waals surface area contributed by atoms with E-state index in [2.05, 4.69) is 9.97 Å². The molecule has 0 unspecified atom stereocenters. The van der Waals surface area contributed by atoms with Crippen molar-refractivity contribution in [3.63, 3.8) is 0 Å². The number of Topliss-reactive ketones (excluding diaryl/α,β-unsaturated/α-hetero) is 1. The molecular formula is C26H21N3O2. The third kappa shape index (κ3) is 3.85. The molecule has 5 aromatic rings. The van der Waals surface area contributed by atoms with E-state index in [1.165, 1.54) is 0 Å². The van der Waals surface area contributed by atoms with Crippen LogP contribution in [0.4, 0.5) is 0 Å². The van der Waals surface area contributed by atoms with Crippen LogP contribution < -0.4 is 4.74 Å². The number of fused-ring (bicyclic) bond motifs is 1. The molecule has 0 amide bonds. The fourth-order valence-corrected chi connectivity index (χ4v) is 3.67. The summed E-state index contributed by atoms with van der Waals surface area (Å²) in [7, 11) is 1.65. The number of hydrogen-bond donors (Lipinski definition) is 1. The Labute approximate surface area is 180 Å². The Hall–Kier alpha value is -4.12. The van der Waals surface area contributed by atoms with Crippen molar-refractivity contribution in [1.29, 1.82) is 0 Å². The lowest BCUT2D eigenvalue weighted by molar-refractivity contribution is 0.0993. The maximum absolute atomic E-state index is 12.8. The highest BCUT2D eigenvalue weighted by atomic mass is 16.5. The van der Waals surface area contributed by atoms with E-state index in [-0.39, 0.29) is 5.78 Å². The van der Waals surface area contributed by atoms with Crippen molar-refractivity contribution in [2.45, 2.75) is 6.42 Å². The summed E-state index contributed by atoms with van der Waals surface area (Å²) in [6.45, 7) is 0. The van der Waals surface area contributed by atoms with Crippen molar-refractivity contribution in [2.24, 2.45) is 0 Å². The van der Waals surface area contributed by atoms with Gasteiger partial charge in [0.15, 0.2) is 5.78 Å². The Balaban J connectivity index is 1.34. The second kappa shape index (κ2) is 7.95. The molecule has 0 atom stereocenters. The number of nitrogens with zero attached hydrogens (tertiary/aromatic N) is 2. The lowest BCUT2D eigenvalue weighted by Gasteiger charge is -2.05. The minimum atomic E-state index is 0.0910. The molecule has 2 heterocycles. The van der Waals surface area contributed by atoms with Gasteiger partial charge < -0.3 is 14.3 Å². The van der Waals surface area contributed by atoms with Gasteiger partial charge in [-0.25, -0.2) is 4.98 Å². The van der Waals surface area contributed by atoms with Gasteiger partial charge in [0, 0.05) is 35.6 Å². The summed E-state index contributed by atoms with van der Waals surface area (Å²) in [6.07, 6.45) is 4.31. The van der Waals surface area contributed by atoms with Gasteiger partial charge >= 0.3 is 0 Å². The molecule has 0 aliphatic rings. The van der Waals surface area contributed by atoms with E-state index in [4.69, 9.17) is 4.74 Å². The summed E-state index contributed by atoms with van der Waals surface area (Å²) >= 11 is 0. The molecule has 5 heteroatoms. The monoisotopic (exact) mass is 407 g/mol. The zero-order chi connectivity index (χ0) is 21.2. The molecular weight excluding hydrogens is 386 g/mol. The third-order valence-corrected chi connectivity index (χ3v) is 5.37. The minimum absolute atomic E-state index is 0.0910. The Morgan fingerprint density at radius 3 is 2.42 bits per heavy atom. The Morgan fingerprint density at radius 1 is 0.968 bits per heavy atom. The van der Waals surface area contributed by atoms with Gasteiger partial charge in [-0.3, -0.25) is 4.79 Å². The Bertz CT molecular complexity index is 1330. The van der Waals surface area contributed by atoms with Gasteiger partial charge in [-0.05, 0) is 78.4 Å². The Kier molecular flexibility index (Phi) is 4.84. The molecule has 0 aliphatic carbocycles. The van der Waals surface area contributed by atoms with Crippen molar-refractivity contribution in [1.82, 2.24) is 14.5 Å². The van der Waals surface area contributed by atoms with Crippen LogP contribution in [0.2, 0.25) is 0 Å². The first kappa shape index (κ1) is 18.9. The molecule has 5 rings (SSSR count). The Morgan fingerprint density at radius 2 is 1.71 bits per heavy atom. The van der Waals surface area contributed by atoms with Crippen molar-refractivity contribution < 1.29 is 9.53 Å². The van der Waals surface area contributed by atoms with Crippen LogP contribution in [0.15, 0.2) is 91.3 Å². The topological polar surface area (TPSA) is 59.9 Å². The van der Waals surface area contributed by atoms with Crippen molar-refractivity contribution in [3.05, 3.63) is 102 Å². The highest BCUT2D eigenvalue weighted by molar-refractivity contribution is 5.98. The van der Waals surface area contributed by atoms with E-state index in [1.54, 1.807) is 7.11 Å². The van der Waals surface area contributed by atoms with Crippen LogP contribution >= 0.6 is 0 Å². The van der Waals surface area contributed by atoms with Crippen molar-refractivity contribution >= 4 is 16.8 Å². The van der Waals surface area contributed by atoms with Crippen LogP contribution in [-0.2, 0) is 6.42 Å². The molecule has 0 aliphatic heterocycles. The fraction of sp³-hybridized carbons (Fsp3) is 0.0769. The number of H-pyrrole nitrogens is 1. The van der Waals surface area contributed by atoms with Gasteiger partial charge in [0.2, 0.25) is 0 Å². The van der Waals surface area contributed by atoms with Crippen LogP contribution in [0.3, 0.4) is 0 Å². The number of benzene rings is 3. The molecule has 0 spiro atoms. The summed E-state index contributed by atoms with van der Waals surface area (Å²) in [6, 6.07) is 25.3. The average molecular weight is 407 g/mol. The number of carbonyl (C=O) groups is 1. The van der Waals surface area contributed by atoms with Crippen LogP contribution in [0.1, 0.15) is 15.9 Å². The average Bonchev–Trinajstić information content (AvgIpc) is 3.49. The largest absolute Gasteiger partial charge is 0.497 e. The van der Waals surface area contributed by atoms with Gasteiger partial charge in [0.25, 0.3) is 0 Å². The first-order chi connectivity index (χ1) is 15.2. The number of ether oxygens (including phenoxy) is 1. The number of methoxy groups -OCH3 is 1. The maximum Gasteiger partial charge on any atom is 0.167 e. The number of ketones is 1. The van der Waals surface area contributed by atoms with E-state index >= 15 is 0 Å². The minimum Gasteiger partial charge on any atom is -0.497 e. The van der Waals surface area contributed by atoms with Crippen LogP contribution in [-0.4, -0.2) is 27.4 Å².